The highest BCUT2D eigenvalue weighted by Crippen LogP contribution is 2.15. The van der Waals surface area contributed by atoms with Crippen molar-refractivity contribution in [1.29, 1.82) is 0 Å². The molecular formula is C13H20ClFN2. The molecule has 1 N–H and O–H groups in total. The number of nitrogens with zero attached hydrogens (tertiary/aromatic N) is 1. The summed E-state index contributed by atoms with van der Waals surface area (Å²) in [4.78, 5) is 2.18. The van der Waals surface area contributed by atoms with Crippen LogP contribution in [0.5, 0.6) is 0 Å². The second kappa shape index (κ2) is 7.64. The van der Waals surface area contributed by atoms with Gasteiger partial charge in [-0.05, 0) is 57.7 Å². The number of halogens is 2. The van der Waals surface area contributed by atoms with Gasteiger partial charge in [-0.25, -0.2) is 4.39 Å². The Bertz CT molecular complexity index is 342. The van der Waals surface area contributed by atoms with Crippen LogP contribution in [-0.4, -0.2) is 32.1 Å². The van der Waals surface area contributed by atoms with Gasteiger partial charge in [-0.2, -0.15) is 0 Å². The van der Waals surface area contributed by atoms with E-state index in [1.54, 1.807) is 12.1 Å². The van der Waals surface area contributed by atoms with Crippen molar-refractivity contribution < 1.29 is 4.39 Å². The van der Waals surface area contributed by atoms with Gasteiger partial charge >= 0.3 is 0 Å². The highest BCUT2D eigenvalue weighted by atomic mass is 35.5. The van der Waals surface area contributed by atoms with E-state index in [0.717, 1.165) is 31.6 Å². The van der Waals surface area contributed by atoms with Crippen LogP contribution in [0.25, 0.3) is 0 Å². The summed E-state index contributed by atoms with van der Waals surface area (Å²) in [7, 11) is 4.15. The molecule has 0 saturated heterocycles. The molecule has 0 aliphatic carbocycles. The van der Waals surface area contributed by atoms with Crippen LogP contribution in [0.3, 0.4) is 0 Å². The number of rotatable bonds is 7. The molecule has 0 atom stereocenters. The zero-order chi connectivity index (χ0) is 12.7. The van der Waals surface area contributed by atoms with Crippen LogP contribution in [0, 0.1) is 5.82 Å². The summed E-state index contributed by atoms with van der Waals surface area (Å²) in [6.07, 6.45) is 2.33. The molecule has 0 aliphatic rings. The predicted octanol–water partition coefficient (Wildman–Crippen LogP) is 2.91. The van der Waals surface area contributed by atoms with E-state index in [-0.39, 0.29) is 10.8 Å². The summed E-state index contributed by atoms with van der Waals surface area (Å²) in [5, 5.41) is 3.51. The second-order valence-electron chi connectivity index (χ2n) is 4.44. The highest BCUT2D eigenvalue weighted by molar-refractivity contribution is 6.30. The van der Waals surface area contributed by atoms with Gasteiger partial charge in [-0.1, -0.05) is 17.7 Å². The van der Waals surface area contributed by atoms with Gasteiger partial charge in [0.25, 0.3) is 0 Å². The molecule has 17 heavy (non-hydrogen) atoms. The fourth-order valence-corrected chi connectivity index (χ4v) is 1.76. The Labute approximate surface area is 108 Å². The highest BCUT2D eigenvalue weighted by Gasteiger charge is 2.00. The van der Waals surface area contributed by atoms with E-state index in [1.807, 2.05) is 0 Å². The van der Waals surface area contributed by atoms with Gasteiger partial charge in [0.15, 0.2) is 0 Å². The van der Waals surface area contributed by atoms with Crippen LogP contribution >= 0.6 is 11.6 Å². The Morgan fingerprint density at radius 2 is 2.06 bits per heavy atom. The van der Waals surface area contributed by atoms with Crippen molar-refractivity contribution in [1.82, 2.24) is 10.2 Å². The van der Waals surface area contributed by atoms with Crippen LogP contribution in [0.2, 0.25) is 5.02 Å². The standard InChI is InChI=1S/C13H20ClFN2/c1-17(2)8-4-3-7-16-10-11-5-6-13(15)12(14)9-11/h5-6,9,16H,3-4,7-8,10H2,1-2H3. The summed E-state index contributed by atoms with van der Waals surface area (Å²) >= 11 is 5.70. The zero-order valence-electron chi connectivity index (χ0n) is 10.5. The van der Waals surface area contributed by atoms with Gasteiger partial charge < -0.3 is 10.2 Å². The lowest BCUT2D eigenvalue weighted by molar-refractivity contribution is 0.391. The number of hydrogen-bond acceptors (Lipinski definition) is 2. The summed E-state index contributed by atoms with van der Waals surface area (Å²) in [5.41, 5.74) is 1.02. The zero-order valence-corrected chi connectivity index (χ0v) is 11.2. The minimum atomic E-state index is -0.360. The molecule has 0 radical (unpaired) electrons. The first-order chi connectivity index (χ1) is 8.09. The van der Waals surface area contributed by atoms with Crippen molar-refractivity contribution in [2.45, 2.75) is 19.4 Å². The normalized spacial score (nSPS) is 11.1. The molecule has 0 saturated carbocycles. The Kier molecular flexibility index (Phi) is 6.48. The molecule has 0 unspecified atom stereocenters. The maximum atomic E-state index is 12.9. The Hall–Kier alpha value is -0.640. The van der Waals surface area contributed by atoms with Crippen LogP contribution in [-0.2, 0) is 6.54 Å². The SMILES string of the molecule is CN(C)CCCCNCc1ccc(F)c(Cl)c1. The van der Waals surface area contributed by atoms with Gasteiger partial charge in [-0.3, -0.25) is 0 Å². The van der Waals surface area contributed by atoms with Crippen molar-refractivity contribution in [3.05, 3.63) is 34.6 Å². The lowest BCUT2D eigenvalue weighted by Gasteiger charge is -2.09. The number of unbranched alkanes of at least 4 members (excludes halogenated alkanes) is 1. The number of benzene rings is 1. The van der Waals surface area contributed by atoms with E-state index >= 15 is 0 Å². The van der Waals surface area contributed by atoms with E-state index in [9.17, 15) is 4.39 Å². The Balaban J connectivity index is 2.16. The molecule has 0 fully saturated rings. The first kappa shape index (κ1) is 14.4. The molecule has 1 rings (SSSR count). The minimum absolute atomic E-state index is 0.192. The molecular weight excluding hydrogens is 239 g/mol. The van der Waals surface area contributed by atoms with E-state index in [1.165, 1.54) is 12.5 Å². The van der Waals surface area contributed by atoms with E-state index < -0.39 is 0 Å². The quantitative estimate of drug-likeness (QED) is 0.757. The Morgan fingerprint density at radius 1 is 1.29 bits per heavy atom. The molecule has 4 heteroatoms. The lowest BCUT2D eigenvalue weighted by atomic mass is 10.2. The van der Waals surface area contributed by atoms with E-state index in [4.69, 9.17) is 11.6 Å². The molecule has 0 aliphatic heterocycles. The Morgan fingerprint density at radius 3 is 2.71 bits per heavy atom. The topological polar surface area (TPSA) is 15.3 Å². The maximum absolute atomic E-state index is 12.9. The third-order valence-electron chi connectivity index (χ3n) is 2.52. The molecule has 0 aromatic heterocycles. The van der Waals surface area contributed by atoms with Gasteiger partial charge in [0.05, 0.1) is 5.02 Å². The third-order valence-corrected chi connectivity index (χ3v) is 2.81. The summed E-state index contributed by atoms with van der Waals surface area (Å²) < 4.78 is 12.9. The van der Waals surface area contributed by atoms with Gasteiger partial charge in [0.1, 0.15) is 5.82 Å². The van der Waals surface area contributed by atoms with Crippen LogP contribution in [0.15, 0.2) is 18.2 Å². The van der Waals surface area contributed by atoms with Crippen LogP contribution < -0.4 is 5.32 Å². The van der Waals surface area contributed by atoms with Crippen molar-refractivity contribution in [3.8, 4) is 0 Å². The molecule has 0 spiro atoms. The fraction of sp³-hybridized carbons (Fsp3) is 0.538. The molecule has 0 amide bonds. The third kappa shape index (κ3) is 6.01. The van der Waals surface area contributed by atoms with E-state index in [2.05, 4.69) is 24.3 Å². The van der Waals surface area contributed by atoms with Crippen molar-refractivity contribution in [3.63, 3.8) is 0 Å². The molecule has 1 aromatic carbocycles. The first-order valence-electron chi connectivity index (χ1n) is 5.89. The van der Waals surface area contributed by atoms with E-state index in [0.29, 0.717) is 0 Å². The molecule has 0 heterocycles. The summed E-state index contributed by atoms with van der Waals surface area (Å²) in [5.74, 6) is -0.360. The maximum Gasteiger partial charge on any atom is 0.141 e. The smallest absolute Gasteiger partial charge is 0.141 e. The van der Waals surface area contributed by atoms with Crippen LogP contribution in [0.1, 0.15) is 18.4 Å². The largest absolute Gasteiger partial charge is 0.313 e. The van der Waals surface area contributed by atoms with Crippen molar-refractivity contribution in [2.24, 2.45) is 0 Å². The molecule has 0 bridgehead atoms. The fourth-order valence-electron chi connectivity index (χ4n) is 1.56. The van der Waals surface area contributed by atoms with Crippen molar-refractivity contribution >= 4 is 11.6 Å². The van der Waals surface area contributed by atoms with Crippen LogP contribution in [0.4, 0.5) is 4.39 Å². The average molecular weight is 259 g/mol. The first-order valence-corrected chi connectivity index (χ1v) is 6.27. The van der Waals surface area contributed by atoms with Gasteiger partial charge in [-0.15, -0.1) is 0 Å². The second-order valence-corrected chi connectivity index (χ2v) is 4.84. The van der Waals surface area contributed by atoms with Crippen molar-refractivity contribution in [2.75, 3.05) is 27.2 Å². The summed E-state index contributed by atoms with van der Waals surface area (Å²) in [6, 6.07) is 4.84. The number of nitrogens with one attached hydrogen (secondary N) is 1. The predicted molar refractivity (Wildman–Crippen MR) is 70.9 cm³/mol. The molecule has 96 valence electrons. The minimum Gasteiger partial charge on any atom is -0.313 e. The van der Waals surface area contributed by atoms with Gasteiger partial charge in [0, 0.05) is 6.54 Å². The van der Waals surface area contributed by atoms with Gasteiger partial charge in [0.2, 0.25) is 0 Å². The number of hydrogen-bond donors (Lipinski definition) is 1. The molecule has 2 nitrogen and oxygen atoms in total. The molecule has 1 aromatic rings. The summed E-state index contributed by atoms with van der Waals surface area (Å²) in [6.45, 7) is 2.83. The monoisotopic (exact) mass is 258 g/mol. The average Bonchev–Trinajstić information content (AvgIpc) is 2.27. The lowest BCUT2D eigenvalue weighted by Crippen LogP contribution is -2.18.